The van der Waals surface area contributed by atoms with Gasteiger partial charge in [-0.2, -0.15) is 0 Å². The first-order valence-corrected chi connectivity index (χ1v) is 11.8. The smallest absolute Gasteiger partial charge is 0.254 e. The van der Waals surface area contributed by atoms with Crippen LogP contribution < -0.4 is 21.7 Å². The van der Waals surface area contributed by atoms with Gasteiger partial charge in [-0.05, 0) is 43.5 Å². The maximum Gasteiger partial charge on any atom is 0.254 e. The van der Waals surface area contributed by atoms with Crippen molar-refractivity contribution in [2.45, 2.75) is 26.2 Å². The molecule has 9 heteroatoms. The Hall–Kier alpha value is -3.59. The van der Waals surface area contributed by atoms with Gasteiger partial charge in [0.1, 0.15) is 0 Å². The van der Waals surface area contributed by atoms with Crippen molar-refractivity contribution in [3.8, 4) is 0 Å². The monoisotopic (exact) mass is 464 g/mol. The predicted molar refractivity (Wildman–Crippen MR) is 134 cm³/mol. The molecule has 3 aromatic rings. The Balaban J connectivity index is 0.000000636. The van der Waals surface area contributed by atoms with Crippen molar-refractivity contribution in [2.75, 3.05) is 44.2 Å². The number of primary amides is 2. The van der Waals surface area contributed by atoms with Crippen LogP contribution in [0, 0.1) is 0 Å². The number of piperazine rings is 1. The first-order valence-electron chi connectivity index (χ1n) is 11.8. The van der Waals surface area contributed by atoms with Crippen LogP contribution in [0.4, 0.5) is 5.69 Å². The van der Waals surface area contributed by atoms with Crippen LogP contribution in [0.15, 0.2) is 30.3 Å². The zero-order chi connectivity index (χ0) is 24.2. The van der Waals surface area contributed by atoms with Crippen LogP contribution in [0.5, 0.6) is 0 Å². The summed E-state index contributed by atoms with van der Waals surface area (Å²) in [6, 6.07) is 9.64. The Labute approximate surface area is 198 Å². The predicted octanol–water partition coefficient (Wildman–Crippen LogP) is 1.95. The van der Waals surface area contributed by atoms with E-state index in [9.17, 15) is 14.4 Å². The fourth-order valence-electron chi connectivity index (χ4n) is 4.78. The Kier molecular flexibility index (Phi) is 7.02. The Morgan fingerprint density at radius 2 is 1.59 bits per heavy atom. The Bertz CT molecular complexity index is 1220. The number of nitrogens with one attached hydrogen (secondary N) is 2. The van der Waals surface area contributed by atoms with Crippen molar-refractivity contribution in [2.24, 2.45) is 11.5 Å². The molecule has 2 aliphatic rings. The second-order valence-electron chi connectivity index (χ2n) is 8.83. The number of piperidine rings is 1. The van der Waals surface area contributed by atoms with Crippen LogP contribution in [0.3, 0.4) is 0 Å². The van der Waals surface area contributed by atoms with Gasteiger partial charge in [-0.3, -0.25) is 14.4 Å². The molecule has 6 N–H and O–H groups in total. The number of aromatic nitrogens is 1. The highest BCUT2D eigenvalue weighted by Gasteiger charge is 2.22. The number of carbonyl (C=O) groups excluding carboxylic acids is 3. The first-order chi connectivity index (χ1) is 16.4. The summed E-state index contributed by atoms with van der Waals surface area (Å²) in [5.74, 6) is -0.739. The summed E-state index contributed by atoms with van der Waals surface area (Å²) < 4.78 is 0. The van der Waals surface area contributed by atoms with Gasteiger partial charge in [-0.25, -0.2) is 0 Å². The zero-order valence-corrected chi connectivity index (χ0v) is 19.5. The Morgan fingerprint density at radius 1 is 0.912 bits per heavy atom. The van der Waals surface area contributed by atoms with E-state index < -0.39 is 5.91 Å². The zero-order valence-electron chi connectivity index (χ0n) is 19.5. The van der Waals surface area contributed by atoms with Gasteiger partial charge in [0.2, 0.25) is 5.91 Å². The van der Waals surface area contributed by atoms with E-state index in [0.717, 1.165) is 53.7 Å². The third kappa shape index (κ3) is 4.84. The SMILES string of the molecule is CC(N)=O.NC(=O)c1ccc(N2CCCCC2)c2c1[nH]c1cc(C(=O)N3CCNCC3)ccc12. The number of rotatable bonds is 3. The molecule has 1 aromatic heterocycles. The van der Waals surface area contributed by atoms with Crippen molar-refractivity contribution in [3.63, 3.8) is 0 Å². The molecule has 0 aliphatic carbocycles. The first kappa shape index (κ1) is 23.6. The number of hydrogen-bond donors (Lipinski definition) is 4. The number of benzene rings is 2. The molecule has 0 unspecified atom stereocenters. The summed E-state index contributed by atoms with van der Waals surface area (Å²) >= 11 is 0. The van der Waals surface area contributed by atoms with E-state index in [1.54, 1.807) is 0 Å². The number of amides is 3. The number of anilines is 1. The van der Waals surface area contributed by atoms with Crippen molar-refractivity contribution in [1.82, 2.24) is 15.2 Å². The number of H-pyrrole nitrogens is 1. The highest BCUT2D eigenvalue weighted by Crippen LogP contribution is 2.37. The highest BCUT2D eigenvalue weighted by molar-refractivity contribution is 6.20. The molecular weight excluding hydrogens is 432 g/mol. The molecule has 3 heterocycles. The van der Waals surface area contributed by atoms with Crippen LogP contribution in [0.2, 0.25) is 0 Å². The van der Waals surface area contributed by atoms with E-state index in [4.69, 9.17) is 5.73 Å². The summed E-state index contributed by atoms with van der Waals surface area (Å²) in [7, 11) is 0. The van der Waals surface area contributed by atoms with Crippen molar-refractivity contribution in [1.29, 1.82) is 0 Å². The molecular formula is C25H32N6O3. The normalized spacial score (nSPS) is 16.3. The van der Waals surface area contributed by atoms with Gasteiger partial charge in [-0.1, -0.05) is 6.07 Å². The summed E-state index contributed by atoms with van der Waals surface area (Å²) in [5.41, 5.74) is 14.0. The summed E-state index contributed by atoms with van der Waals surface area (Å²) in [4.78, 5) is 41.9. The van der Waals surface area contributed by atoms with Crippen LogP contribution in [0.1, 0.15) is 46.9 Å². The lowest BCUT2D eigenvalue weighted by Crippen LogP contribution is -2.46. The molecule has 5 rings (SSSR count). The quantitative estimate of drug-likeness (QED) is 0.469. The van der Waals surface area contributed by atoms with E-state index >= 15 is 0 Å². The maximum absolute atomic E-state index is 12.9. The number of carbonyl (C=O) groups is 3. The molecule has 2 aliphatic heterocycles. The molecule has 0 saturated carbocycles. The molecule has 180 valence electrons. The molecule has 2 saturated heterocycles. The fraction of sp³-hybridized carbons (Fsp3) is 0.400. The average Bonchev–Trinajstić information content (AvgIpc) is 3.22. The molecule has 9 nitrogen and oxygen atoms in total. The third-order valence-electron chi connectivity index (χ3n) is 6.35. The third-order valence-corrected chi connectivity index (χ3v) is 6.35. The minimum atomic E-state index is -0.450. The molecule has 0 atom stereocenters. The molecule has 0 radical (unpaired) electrons. The van der Waals surface area contributed by atoms with Crippen molar-refractivity contribution >= 4 is 45.2 Å². The summed E-state index contributed by atoms with van der Waals surface area (Å²) in [6.45, 7) is 6.40. The molecule has 34 heavy (non-hydrogen) atoms. The van der Waals surface area contributed by atoms with Crippen LogP contribution >= 0.6 is 0 Å². The largest absolute Gasteiger partial charge is 0.371 e. The van der Waals surface area contributed by atoms with Gasteiger partial charge in [0.05, 0.1) is 11.1 Å². The van der Waals surface area contributed by atoms with Gasteiger partial charge in [0, 0.05) is 73.7 Å². The highest BCUT2D eigenvalue weighted by atomic mass is 16.2. The van der Waals surface area contributed by atoms with Gasteiger partial charge in [-0.15, -0.1) is 0 Å². The van der Waals surface area contributed by atoms with Crippen LogP contribution in [0.25, 0.3) is 21.8 Å². The van der Waals surface area contributed by atoms with Gasteiger partial charge < -0.3 is 31.6 Å². The topological polar surface area (TPSA) is 138 Å². The lowest BCUT2D eigenvalue weighted by Gasteiger charge is -2.29. The van der Waals surface area contributed by atoms with E-state index in [2.05, 4.69) is 20.9 Å². The molecule has 3 amide bonds. The molecule has 0 spiro atoms. The Morgan fingerprint density at radius 3 is 2.24 bits per heavy atom. The number of nitrogens with two attached hydrogens (primary N) is 2. The van der Waals surface area contributed by atoms with E-state index in [0.29, 0.717) is 24.2 Å². The number of aromatic amines is 1. The second-order valence-corrected chi connectivity index (χ2v) is 8.83. The van der Waals surface area contributed by atoms with Gasteiger partial charge in [0.15, 0.2) is 0 Å². The molecule has 2 fully saturated rings. The molecule has 2 aromatic carbocycles. The fourth-order valence-corrected chi connectivity index (χ4v) is 4.78. The van der Waals surface area contributed by atoms with Crippen LogP contribution in [-0.2, 0) is 4.79 Å². The molecule has 0 bridgehead atoms. The number of hydrogen-bond acceptors (Lipinski definition) is 5. The van der Waals surface area contributed by atoms with E-state index in [1.165, 1.54) is 26.2 Å². The number of fused-ring (bicyclic) bond motifs is 3. The van der Waals surface area contributed by atoms with E-state index in [-0.39, 0.29) is 11.8 Å². The van der Waals surface area contributed by atoms with Gasteiger partial charge >= 0.3 is 0 Å². The van der Waals surface area contributed by atoms with Gasteiger partial charge in [0.25, 0.3) is 11.8 Å². The summed E-state index contributed by atoms with van der Waals surface area (Å²) in [6.07, 6.45) is 3.60. The second kappa shape index (κ2) is 10.1. The lowest BCUT2D eigenvalue weighted by atomic mass is 10.0. The van der Waals surface area contributed by atoms with Crippen LogP contribution in [-0.4, -0.2) is 66.9 Å². The number of nitrogens with zero attached hydrogens (tertiary/aromatic N) is 2. The van der Waals surface area contributed by atoms with Crippen molar-refractivity contribution < 1.29 is 14.4 Å². The van der Waals surface area contributed by atoms with Crippen molar-refractivity contribution in [3.05, 3.63) is 41.5 Å². The minimum Gasteiger partial charge on any atom is -0.371 e. The average molecular weight is 465 g/mol. The summed E-state index contributed by atoms with van der Waals surface area (Å²) in [5, 5.41) is 5.31. The maximum atomic E-state index is 12.9. The minimum absolute atomic E-state index is 0.0448. The lowest BCUT2D eigenvalue weighted by molar-refractivity contribution is -0.115. The van der Waals surface area contributed by atoms with E-state index in [1.807, 2.05) is 35.2 Å². The standard InChI is InChI=1S/C23H27N5O2.C2H5NO/c24-22(29)17-6-7-19(27-10-2-1-3-11-27)20-16-5-4-15(14-18(16)26-21(17)20)23(30)28-12-8-25-9-13-28;1-2(3)4/h4-7,14,25-26H,1-3,8-13H2,(H2,24,29);1H3,(H2,3,4).